The molecule has 150 valence electrons. The number of nitrogens with zero attached hydrogens (tertiary/aromatic N) is 1. The molecule has 0 unspecified atom stereocenters. The molecule has 6 heteroatoms. The van der Waals surface area contributed by atoms with Gasteiger partial charge in [0.15, 0.2) is 6.61 Å². The number of amides is 1. The van der Waals surface area contributed by atoms with Gasteiger partial charge in [-0.25, -0.2) is 9.78 Å². The summed E-state index contributed by atoms with van der Waals surface area (Å²) in [7, 11) is 0. The normalized spacial score (nSPS) is 10.9. The number of esters is 1. The number of rotatable bonds is 7. The van der Waals surface area contributed by atoms with Gasteiger partial charge >= 0.3 is 5.97 Å². The average Bonchev–Trinajstić information content (AvgIpc) is 2.75. The summed E-state index contributed by atoms with van der Waals surface area (Å²) in [6.07, 6.45) is 1.66. The lowest BCUT2D eigenvalue weighted by Gasteiger charge is -2.15. The summed E-state index contributed by atoms with van der Waals surface area (Å²) in [4.78, 5) is 29.5. The van der Waals surface area contributed by atoms with Gasteiger partial charge in [-0.2, -0.15) is 0 Å². The molecule has 0 aliphatic rings. The summed E-state index contributed by atoms with van der Waals surface area (Å²) in [6.45, 7) is 3.69. The van der Waals surface area contributed by atoms with E-state index in [4.69, 9.17) is 16.3 Å². The summed E-state index contributed by atoms with van der Waals surface area (Å²) < 4.78 is 5.30. The fourth-order valence-corrected chi connectivity index (χ4v) is 3.21. The Bertz CT molecular complexity index is 1010. The second-order valence-corrected chi connectivity index (χ2v) is 7.17. The number of carbonyl (C=O) groups is 2. The van der Waals surface area contributed by atoms with Gasteiger partial charge in [-0.05, 0) is 37.1 Å². The first-order valence-electron chi connectivity index (χ1n) is 9.64. The fraction of sp³-hybridized carbons (Fsp3) is 0.261. The van der Waals surface area contributed by atoms with Crippen molar-refractivity contribution >= 4 is 34.4 Å². The number of para-hydroxylation sites is 1. The van der Waals surface area contributed by atoms with Gasteiger partial charge < -0.3 is 10.1 Å². The minimum absolute atomic E-state index is 0.0828. The first-order chi connectivity index (χ1) is 14.0. The minimum Gasteiger partial charge on any atom is -0.452 e. The van der Waals surface area contributed by atoms with E-state index in [0.717, 1.165) is 18.4 Å². The number of ether oxygens (including phenoxy) is 1. The van der Waals surface area contributed by atoms with E-state index < -0.39 is 5.97 Å². The molecule has 3 rings (SSSR count). The van der Waals surface area contributed by atoms with Crippen LogP contribution in [-0.2, 0) is 9.53 Å². The predicted octanol–water partition coefficient (Wildman–Crippen LogP) is 5.02. The number of halogens is 1. The molecule has 0 fully saturated rings. The maximum Gasteiger partial charge on any atom is 0.339 e. The van der Waals surface area contributed by atoms with Gasteiger partial charge in [0, 0.05) is 22.0 Å². The van der Waals surface area contributed by atoms with Crippen molar-refractivity contribution in [1.82, 2.24) is 10.3 Å². The van der Waals surface area contributed by atoms with E-state index in [1.54, 1.807) is 18.2 Å². The summed E-state index contributed by atoms with van der Waals surface area (Å²) in [5.74, 6) is -0.859. The Morgan fingerprint density at radius 2 is 1.76 bits per heavy atom. The van der Waals surface area contributed by atoms with Gasteiger partial charge in [-0.3, -0.25) is 4.79 Å². The third-order valence-electron chi connectivity index (χ3n) is 4.76. The van der Waals surface area contributed by atoms with Gasteiger partial charge in [0.1, 0.15) is 0 Å². The van der Waals surface area contributed by atoms with Gasteiger partial charge in [-0.1, -0.05) is 55.8 Å². The summed E-state index contributed by atoms with van der Waals surface area (Å²) in [5.41, 5.74) is 2.51. The van der Waals surface area contributed by atoms with Crippen LogP contribution in [0.3, 0.4) is 0 Å². The van der Waals surface area contributed by atoms with E-state index >= 15 is 0 Å². The van der Waals surface area contributed by atoms with E-state index in [1.165, 1.54) is 0 Å². The molecule has 1 heterocycles. The molecular weight excluding hydrogens is 388 g/mol. The summed E-state index contributed by atoms with van der Waals surface area (Å²) >= 11 is 5.97. The van der Waals surface area contributed by atoms with Crippen LogP contribution in [0.25, 0.3) is 22.2 Å². The molecule has 0 radical (unpaired) electrons. The van der Waals surface area contributed by atoms with Gasteiger partial charge in [0.25, 0.3) is 5.91 Å². The number of aromatic nitrogens is 1. The molecule has 0 spiro atoms. The number of benzene rings is 2. The number of hydrogen-bond acceptors (Lipinski definition) is 4. The van der Waals surface area contributed by atoms with E-state index in [0.29, 0.717) is 27.2 Å². The fourth-order valence-electron chi connectivity index (χ4n) is 3.08. The second-order valence-electron chi connectivity index (χ2n) is 6.74. The molecule has 0 aliphatic heterocycles. The Hall–Kier alpha value is -2.92. The Morgan fingerprint density at radius 3 is 2.45 bits per heavy atom. The topological polar surface area (TPSA) is 68.3 Å². The molecule has 0 bridgehead atoms. The van der Waals surface area contributed by atoms with E-state index in [9.17, 15) is 9.59 Å². The molecule has 0 saturated heterocycles. The van der Waals surface area contributed by atoms with Crippen LogP contribution < -0.4 is 5.32 Å². The summed E-state index contributed by atoms with van der Waals surface area (Å²) in [5, 5.41) is 4.16. The van der Waals surface area contributed by atoms with Crippen LogP contribution in [-0.4, -0.2) is 29.5 Å². The standard InChI is InChI=1S/C23H23ClN2O3/c1-3-17(4-2)25-22(27)14-29-23(28)19-13-21(15-9-11-16(24)12-10-15)26-20-8-6-5-7-18(19)20/h5-13,17H,3-4,14H2,1-2H3,(H,25,27). The molecule has 0 aliphatic carbocycles. The van der Waals surface area contributed by atoms with Crippen LogP contribution in [0.15, 0.2) is 54.6 Å². The zero-order chi connectivity index (χ0) is 20.8. The highest BCUT2D eigenvalue weighted by molar-refractivity contribution is 6.30. The van der Waals surface area contributed by atoms with E-state index in [2.05, 4.69) is 10.3 Å². The number of fused-ring (bicyclic) bond motifs is 1. The van der Waals surface area contributed by atoms with Crippen LogP contribution in [0.1, 0.15) is 37.0 Å². The molecule has 29 heavy (non-hydrogen) atoms. The molecule has 2 aromatic carbocycles. The molecule has 1 N–H and O–H groups in total. The van der Waals surface area contributed by atoms with Crippen molar-refractivity contribution in [1.29, 1.82) is 0 Å². The monoisotopic (exact) mass is 410 g/mol. The van der Waals surface area contributed by atoms with Gasteiger partial charge in [-0.15, -0.1) is 0 Å². The maximum atomic E-state index is 12.8. The highest BCUT2D eigenvalue weighted by atomic mass is 35.5. The molecule has 5 nitrogen and oxygen atoms in total. The Morgan fingerprint density at radius 1 is 1.07 bits per heavy atom. The van der Waals surface area contributed by atoms with Crippen molar-refractivity contribution in [2.75, 3.05) is 6.61 Å². The van der Waals surface area contributed by atoms with Crippen molar-refractivity contribution in [3.05, 3.63) is 65.2 Å². The molecule has 1 amide bonds. The highest BCUT2D eigenvalue weighted by Gasteiger charge is 2.17. The Kier molecular flexibility index (Phi) is 6.83. The van der Waals surface area contributed by atoms with Gasteiger partial charge in [0.05, 0.1) is 16.8 Å². The Balaban J connectivity index is 1.86. The smallest absolute Gasteiger partial charge is 0.339 e. The second kappa shape index (κ2) is 9.52. The largest absolute Gasteiger partial charge is 0.452 e. The van der Waals surface area contributed by atoms with Crippen LogP contribution >= 0.6 is 11.6 Å². The van der Waals surface area contributed by atoms with E-state index in [1.807, 2.05) is 50.2 Å². The average molecular weight is 411 g/mol. The van der Waals surface area contributed by atoms with Crippen molar-refractivity contribution in [3.8, 4) is 11.3 Å². The molecule has 0 atom stereocenters. The molecule has 0 saturated carbocycles. The maximum absolute atomic E-state index is 12.8. The van der Waals surface area contributed by atoms with Crippen molar-refractivity contribution in [2.24, 2.45) is 0 Å². The molecular formula is C23H23ClN2O3. The third kappa shape index (κ3) is 5.12. The molecule has 3 aromatic rings. The number of carbonyl (C=O) groups excluding carboxylic acids is 2. The SMILES string of the molecule is CCC(CC)NC(=O)COC(=O)c1cc(-c2ccc(Cl)cc2)nc2ccccc12. The molecule has 1 aromatic heterocycles. The minimum atomic E-state index is -0.557. The van der Waals surface area contributed by atoms with Crippen molar-refractivity contribution < 1.29 is 14.3 Å². The van der Waals surface area contributed by atoms with Crippen LogP contribution in [0.2, 0.25) is 5.02 Å². The zero-order valence-corrected chi connectivity index (χ0v) is 17.2. The highest BCUT2D eigenvalue weighted by Crippen LogP contribution is 2.26. The first kappa shape index (κ1) is 20.8. The van der Waals surface area contributed by atoms with Crippen LogP contribution in [0, 0.1) is 0 Å². The first-order valence-corrected chi connectivity index (χ1v) is 10.0. The van der Waals surface area contributed by atoms with Crippen LogP contribution in [0.5, 0.6) is 0 Å². The van der Waals surface area contributed by atoms with Gasteiger partial charge in [0.2, 0.25) is 0 Å². The number of nitrogens with one attached hydrogen (secondary N) is 1. The number of pyridine rings is 1. The van der Waals surface area contributed by atoms with Crippen molar-refractivity contribution in [3.63, 3.8) is 0 Å². The number of hydrogen-bond donors (Lipinski definition) is 1. The lowest BCUT2D eigenvalue weighted by atomic mass is 10.0. The summed E-state index contributed by atoms with van der Waals surface area (Å²) in [6, 6.07) is 16.4. The Labute approximate surface area is 175 Å². The lowest BCUT2D eigenvalue weighted by Crippen LogP contribution is -2.36. The zero-order valence-electron chi connectivity index (χ0n) is 16.4. The van der Waals surface area contributed by atoms with E-state index in [-0.39, 0.29) is 18.6 Å². The lowest BCUT2D eigenvalue weighted by molar-refractivity contribution is -0.125. The van der Waals surface area contributed by atoms with Crippen LogP contribution in [0.4, 0.5) is 0 Å². The quantitative estimate of drug-likeness (QED) is 0.555. The predicted molar refractivity (Wildman–Crippen MR) is 115 cm³/mol. The van der Waals surface area contributed by atoms with Crippen molar-refractivity contribution in [2.45, 2.75) is 32.7 Å². The third-order valence-corrected chi connectivity index (χ3v) is 5.01.